The van der Waals surface area contributed by atoms with E-state index in [4.69, 9.17) is 11.6 Å². The molecule has 6 heteroatoms. The summed E-state index contributed by atoms with van der Waals surface area (Å²) >= 11 is 5.70. The highest BCUT2D eigenvalue weighted by Gasteiger charge is 2.59. The van der Waals surface area contributed by atoms with Crippen LogP contribution in [-0.4, -0.2) is 24.2 Å². The third kappa shape index (κ3) is 1.82. The molecular weight excluding hydrogens is 276 g/mol. The van der Waals surface area contributed by atoms with Gasteiger partial charge in [0.25, 0.3) is 0 Å². The first-order valence-electron chi connectivity index (χ1n) is 5.53. The largest absolute Gasteiger partial charge is 0.480 e. The summed E-state index contributed by atoms with van der Waals surface area (Å²) in [7, 11) is -3.87. The van der Waals surface area contributed by atoms with E-state index in [9.17, 15) is 18.3 Å². The van der Waals surface area contributed by atoms with Gasteiger partial charge in [-0.25, -0.2) is 8.42 Å². The van der Waals surface area contributed by atoms with Gasteiger partial charge >= 0.3 is 5.97 Å². The molecule has 0 saturated heterocycles. The van der Waals surface area contributed by atoms with Crippen LogP contribution < -0.4 is 0 Å². The molecule has 1 saturated carbocycles. The van der Waals surface area contributed by atoms with Crippen molar-refractivity contribution >= 4 is 27.4 Å². The Bertz CT molecular complexity index is 571. The third-order valence-electron chi connectivity index (χ3n) is 3.38. The smallest absolute Gasteiger partial charge is 0.325 e. The van der Waals surface area contributed by atoms with Gasteiger partial charge in [0.2, 0.25) is 0 Å². The molecule has 1 N–H and O–H groups in total. The van der Waals surface area contributed by atoms with Crippen LogP contribution in [0.2, 0.25) is 5.02 Å². The molecule has 18 heavy (non-hydrogen) atoms. The molecule has 1 aromatic rings. The maximum absolute atomic E-state index is 12.4. The summed E-state index contributed by atoms with van der Waals surface area (Å²) in [5, 5.41) is 9.66. The van der Waals surface area contributed by atoms with Gasteiger partial charge in [0, 0.05) is 5.02 Å². The molecule has 0 atom stereocenters. The molecule has 0 aliphatic heterocycles. The Kier molecular flexibility index (Phi) is 3.15. The first-order valence-corrected chi connectivity index (χ1v) is 7.39. The number of halogens is 1. The van der Waals surface area contributed by atoms with Crippen molar-refractivity contribution in [3.8, 4) is 0 Å². The lowest BCUT2D eigenvalue weighted by Gasteiger charge is -2.41. The molecule has 1 aromatic carbocycles. The van der Waals surface area contributed by atoms with Gasteiger partial charge in [-0.3, -0.25) is 4.79 Å². The minimum Gasteiger partial charge on any atom is -0.480 e. The van der Waals surface area contributed by atoms with E-state index < -0.39 is 20.6 Å². The Labute approximate surface area is 110 Å². The lowest BCUT2D eigenvalue weighted by molar-refractivity contribution is -0.143. The fourth-order valence-electron chi connectivity index (χ4n) is 2.41. The lowest BCUT2D eigenvalue weighted by Crippen LogP contribution is -2.55. The number of sulfone groups is 1. The Balaban J connectivity index is 2.48. The highest BCUT2D eigenvalue weighted by molar-refractivity contribution is 7.93. The summed E-state index contributed by atoms with van der Waals surface area (Å²) in [6.45, 7) is 1.85. The molecule has 98 valence electrons. The summed E-state index contributed by atoms with van der Waals surface area (Å²) < 4.78 is 23.2. The van der Waals surface area contributed by atoms with E-state index in [1.165, 1.54) is 24.3 Å². The molecule has 0 unspecified atom stereocenters. The molecule has 1 aliphatic carbocycles. The Morgan fingerprint density at radius 3 is 2.22 bits per heavy atom. The number of aliphatic carboxylic acids is 1. The van der Waals surface area contributed by atoms with E-state index in [0.717, 1.165) is 0 Å². The highest BCUT2D eigenvalue weighted by Crippen LogP contribution is 2.46. The predicted molar refractivity (Wildman–Crippen MR) is 67.4 cm³/mol. The van der Waals surface area contributed by atoms with Gasteiger partial charge in [-0.2, -0.15) is 0 Å². The van der Waals surface area contributed by atoms with Gasteiger partial charge in [0.1, 0.15) is 0 Å². The van der Waals surface area contributed by atoms with Gasteiger partial charge in [-0.1, -0.05) is 18.5 Å². The van der Waals surface area contributed by atoms with E-state index in [1.54, 1.807) is 0 Å². The Hall–Kier alpha value is -1.07. The minimum atomic E-state index is -3.87. The van der Waals surface area contributed by atoms with Crippen molar-refractivity contribution in [2.24, 2.45) is 5.92 Å². The van der Waals surface area contributed by atoms with Crippen molar-refractivity contribution in [2.75, 3.05) is 0 Å². The zero-order valence-electron chi connectivity index (χ0n) is 9.76. The van der Waals surface area contributed by atoms with E-state index >= 15 is 0 Å². The average Bonchev–Trinajstić information content (AvgIpc) is 2.24. The van der Waals surface area contributed by atoms with Crippen molar-refractivity contribution in [1.29, 1.82) is 0 Å². The first-order chi connectivity index (χ1) is 8.29. The topological polar surface area (TPSA) is 71.4 Å². The van der Waals surface area contributed by atoms with Crippen molar-refractivity contribution in [1.82, 2.24) is 0 Å². The van der Waals surface area contributed by atoms with Crippen LogP contribution >= 0.6 is 11.6 Å². The van der Waals surface area contributed by atoms with Crippen LogP contribution in [0.5, 0.6) is 0 Å². The molecule has 1 aliphatic rings. The molecular formula is C12H13ClO4S. The van der Waals surface area contributed by atoms with Gasteiger partial charge in [-0.05, 0) is 43.0 Å². The summed E-state index contributed by atoms with van der Waals surface area (Å²) in [6, 6.07) is 5.61. The molecule has 0 aromatic heterocycles. The summed E-state index contributed by atoms with van der Waals surface area (Å²) in [6.07, 6.45) is 0.320. The molecule has 0 amide bonds. The summed E-state index contributed by atoms with van der Waals surface area (Å²) in [5.41, 5.74) is 0. The van der Waals surface area contributed by atoms with E-state index in [0.29, 0.717) is 5.02 Å². The van der Waals surface area contributed by atoms with Crippen molar-refractivity contribution in [3.63, 3.8) is 0 Å². The monoisotopic (exact) mass is 288 g/mol. The summed E-state index contributed by atoms with van der Waals surface area (Å²) in [4.78, 5) is 11.3. The normalized spacial score (nSPS) is 27.6. The molecule has 1 fully saturated rings. The Morgan fingerprint density at radius 2 is 1.83 bits per heavy atom. The second kappa shape index (κ2) is 4.24. The number of carboxylic acids is 1. The van der Waals surface area contributed by atoms with Crippen LogP contribution in [0.25, 0.3) is 0 Å². The van der Waals surface area contributed by atoms with Gasteiger partial charge < -0.3 is 5.11 Å². The second-order valence-corrected chi connectivity index (χ2v) is 7.47. The van der Waals surface area contributed by atoms with Crippen LogP contribution in [0.4, 0.5) is 0 Å². The lowest BCUT2D eigenvalue weighted by atomic mass is 9.75. The first kappa shape index (κ1) is 13.4. The molecule has 0 bridgehead atoms. The fraction of sp³-hybridized carbons (Fsp3) is 0.417. The number of hydrogen-bond donors (Lipinski definition) is 1. The van der Waals surface area contributed by atoms with E-state index in [1.807, 2.05) is 6.92 Å². The highest BCUT2D eigenvalue weighted by atomic mass is 35.5. The Morgan fingerprint density at radius 1 is 1.33 bits per heavy atom. The molecule has 4 nitrogen and oxygen atoms in total. The van der Waals surface area contributed by atoms with Crippen molar-refractivity contribution in [2.45, 2.75) is 29.4 Å². The maximum Gasteiger partial charge on any atom is 0.325 e. The average molecular weight is 289 g/mol. The van der Waals surface area contributed by atoms with Gasteiger partial charge in [-0.15, -0.1) is 0 Å². The van der Waals surface area contributed by atoms with Crippen LogP contribution in [0, 0.1) is 5.92 Å². The van der Waals surface area contributed by atoms with Crippen LogP contribution in [0.1, 0.15) is 19.8 Å². The van der Waals surface area contributed by atoms with Crippen molar-refractivity contribution < 1.29 is 18.3 Å². The number of carbonyl (C=O) groups is 1. The standard InChI is InChI=1S/C12H13ClO4S/c1-8-6-12(7-8,11(14)15)18(16,17)10-4-2-9(13)3-5-10/h2-5,8H,6-7H2,1H3,(H,14,15). The number of benzene rings is 1. The van der Waals surface area contributed by atoms with Gasteiger partial charge in [0.05, 0.1) is 4.90 Å². The number of hydrogen-bond acceptors (Lipinski definition) is 3. The molecule has 0 heterocycles. The molecule has 0 spiro atoms. The SMILES string of the molecule is CC1CC(C(=O)O)(S(=O)(=O)c2ccc(Cl)cc2)C1. The fourth-order valence-corrected chi connectivity index (χ4v) is 4.72. The van der Waals surface area contributed by atoms with Crippen molar-refractivity contribution in [3.05, 3.63) is 29.3 Å². The van der Waals surface area contributed by atoms with Crippen LogP contribution in [-0.2, 0) is 14.6 Å². The zero-order chi connectivity index (χ0) is 13.6. The van der Waals surface area contributed by atoms with Gasteiger partial charge in [0.15, 0.2) is 14.6 Å². The third-order valence-corrected chi connectivity index (χ3v) is 6.07. The van der Waals surface area contributed by atoms with Crippen LogP contribution in [0.15, 0.2) is 29.2 Å². The number of carboxylic acid groups (broad SMARTS) is 1. The minimum absolute atomic E-state index is 0.0150. The van der Waals surface area contributed by atoms with E-state index in [-0.39, 0.29) is 23.7 Å². The van der Waals surface area contributed by atoms with Crippen LogP contribution in [0.3, 0.4) is 0 Å². The predicted octanol–water partition coefficient (Wildman–Crippen LogP) is 2.37. The maximum atomic E-state index is 12.4. The van der Waals surface area contributed by atoms with E-state index in [2.05, 4.69) is 0 Å². The number of rotatable bonds is 3. The molecule has 2 rings (SSSR count). The molecule has 0 radical (unpaired) electrons. The zero-order valence-corrected chi connectivity index (χ0v) is 11.3. The quantitative estimate of drug-likeness (QED) is 0.927. The summed E-state index contributed by atoms with van der Waals surface area (Å²) in [5.74, 6) is -1.15. The second-order valence-electron chi connectivity index (χ2n) is 4.77.